The molecule has 0 N–H and O–H groups in total. The van der Waals surface area contributed by atoms with Gasteiger partial charge >= 0.3 is 0 Å². The Morgan fingerprint density at radius 2 is 2.12 bits per heavy atom. The lowest BCUT2D eigenvalue weighted by atomic mass is 9.82. The van der Waals surface area contributed by atoms with Gasteiger partial charge in [-0.05, 0) is 36.4 Å². The smallest absolute Gasteiger partial charge is 0.228 e. The van der Waals surface area contributed by atoms with Crippen molar-refractivity contribution >= 4 is 34.7 Å². The quantitative estimate of drug-likeness (QED) is 0.587. The van der Waals surface area contributed by atoms with Gasteiger partial charge in [-0.1, -0.05) is 23.9 Å². The van der Waals surface area contributed by atoms with Crippen LogP contribution >= 0.6 is 23.1 Å². The highest BCUT2D eigenvalue weighted by Crippen LogP contribution is 2.63. The molecule has 3 atom stereocenters. The molecular formula is C18H16N2O3S2. The third-order valence-electron chi connectivity index (χ3n) is 5.85. The van der Waals surface area contributed by atoms with Crippen molar-refractivity contribution in [1.29, 1.82) is 0 Å². The van der Waals surface area contributed by atoms with Gasteiger partial charge < -0.3 is 0 Å². The lowest BCUT2D eigenvalue weighted by Crippen LogP contribution is -2.44. The average molecular weight is 372 g/mol. The minimum absolute atomic E-state index is 0.0227. The molecule has 0 bridgehead atoms. The molecule has 5 rings (SSSR count). The number of amides is 1. The van der Waals surface area contributed by atoms with Gasteiger partial charge in [0.25, 0.3) is 0 Å². The number of nitrogens with zero attached hydrogens (tertiary/aromatic N) is 2. The van der Waals surface area contributed by atoms with E-state index >= 15 is 0 Å². The Hall–Kier alpha value is -1.86. The number of carbonyl (C=O) groups excluding carboxylic acids is 1. The van der Waals surface area contributed by atoms with Crippen LogP contribution in [0.5, 0.6) is 0 Å². The van der Waals surface area contributed by atoms with Crippen LogP contribution in [-0.2, 0) is 10.3 Å². The number of fused-ring (bicyclic) bond motifs is 3. The highest BCUT2D eigenvalue weighted by atomic mass is 32.2. The molecule has 5 nitrogen and oxygen atoms in total. The van der Waals surface area contributed by atoms with Crippen molar-refractivity contribution in [3.8, 4) is 0 Å². The van der Waals surface area contributed by atoms with Gasteiger partial charge in [-0.3, -0.25) is 19.8 Å². The second-order valence-electron chi connectivity index (χ2n) is 6.96. The fraction of sp³-hybridized carbons (Fsp3) is 0.389. The SMILES string of the molecule is O=C1C[C@H]2[C@H](C[N+](=O)[O-])CC[C@]23c2sccc2Sc2ccccc2N13. The minimum atomic E-state index is -0.402. The van der Waals surface area contributed by atoms with Gasteiger partial charge in [0.2, 0.25) is 12.5 Å². The maximum atomic E-state index is 13.0. The summed E-state index contributed by atoms with van der Waals surface area (Å²) in [5, 5.41) is 13.2. The van der Waals surface area contributed by atoms with Crippen molar-refractivity contribution in [3.63, 3.8) is 0 Å². The molecule has 128 valence electrons. The molecule has 7 heteroatoms. The summed E-state index contributed by atoms with van der Waals surface area (Å²) >= 11 is 3.40. The van der Waals surface area contributed by atoms with E-state index in [2.05, 4.69) is 17.5 Å². The molecule has 1 amide bonds. The van der Waals surface area contributed by atoms with Gasteiger partial charge in [-0.15, -0.1) is 11.3 Å². The Bertz CT molecular complexity index is 896. The zero-order chi connectivity index (χ0) is 17.2. The molecule has 1 aliphatic carbocycles. The van der Waals surface area contributed by atoms with Gasteiger partial charge in [0.05, 0.1) is 11.2 Å². The Morgan fingerprint density at radius 1 is 1.28 bits per heavy atom. The van der Waals surface area contributed by atoms with E-state index in [1.807, 2.05) is 23.1 Å². The normalized spacial score (nSPS) is 29.6. The van der Waals surface area contributed by atoms with Crippen LogP contribution < -0.4 is 4.90 Å². The number of rotatable bonds is 2. The fourth-order valence-corrected chi connectivity index (χ4v) is 7.46. The van der Waals surface area contributed by atoms with Crippen LogP contribution in [-0.4, -0.2) is 17.4 Å². The summed E-state index contributed by atoms with van der Waals surface area (Å²) < 4.78 is 0. The van der Waals surface area contributed by atoms with Crippen LogP contribution in [0.15, 0.2) is 45.5 Å². The summed E-state index contributed by atoms with van der Waals surface area (Å²) in [6.07, 6.45) is 2.03. The predicted molar refractivity (Wildman–Crippen MR) is 96.7 cm³/mol. The van der Waals surface area contributed by atoms with Crippen molar-refractivity contribution in [2.45, 2.75) is 34.6 Å². The minimum Gasteiger partial charge on any atom is -0.300 e. The Labute approximate surface area is 153 Å². The van der Waals surface area contributed by atoms with Crippen molar-refractivity contribution in [3.05, 3.63) is 50.7 Å². The highest BCUT2D eigenvalue weighted by molar-refractivity contribution is 7.99. The van der Waals surface area contributed by atoms with Crippen molar-refractivity contribution in [2.75, 3.05) is 11.4 Å². The number of carbonyl (C=O) groups is 1. The van der Waals surface area contributed by atoms with E-state index in [9.17, 15) is 14.9 Å². The van der Waals surface area contributed by atoms with Crippen molar-refractivity contribution < 1.29 is 9.72 Å². The lowest BCUT2D eigenvalue weighted by Gasteiger charge is -2.38. The third kappa shape index (κ3) is 1.99. The number of anilines is 1. The number of hydrogen-bond acceptors (Lipinski definition) is 5. The Morgan fingerprint density at radius 3 is 2.96 bits per heavy atom. The van der Waals surface area contributed by atoms with Gasteiger partial charge in [-0.2, -0.15) is 0 Å². The molecule has 2 fully saturated rings. The number of para-hydroxylation sites is 1. The first-order chi connectivity index (χ1) is 12.1. The molecule has 2 aromatic rings. The molecule has 0 radical (unpaired) electrons. The zero-order valence-corrected chi connectivity index (χ0v) is 15.0. The third-order valence-corrected chi connectivity index (χ3v) is 8.19. The van der Waals surface area contributed by atoms with Crippen LogP contribution in [0, 0.1) is 22.0 Å². The van der Waals surface area contributed by atoms with E-state index in [0.29, 0.717) is 6.42 Å². The maximum absolute atomic E-state index is 13.0. The zero-order valence-electron chi connectivity index (χ0n) is 13.4. The summed E-state index contributed by atoms with van der Waals surface area (Å²) in [6, 6.07) is 10.2. The Kier molecular flexibility index (Phi) is 3.27. The van der Waals surface area contributed by atoms with Crippen LogP contribution in [0.25, 0.3) is 0 Å². The lowest BCUT2D eigenvalue weighted by molar-refractivity contribution is -0.489. The summed E-state index contributed by atoms with van der Waals surface area (Å²) in [7, 11) is 0. The summed E-state index contributed by atoms with van der Waals surface area (Å²) in [6.45, 7) is -0.0387. The van der Waals surface area contributed by atoms with E-state index < -0.39 is 5.54 Å². The van der Waals surface area contributed by atoms with Crippen molar-refractivity contribution in [1.82, 2.24) is 0 Å². The van der Waals surface area contributed by atoms with Gasteiger partial charge in [0.1, 0.15) is 0 Å². The topological polar surface area (TPSA) is 63.4 Å². The molecule has 1 aromatic heterocycles. The van der Waals surface area contributed by atoms with E-state index in [-0.39, 0.29) is 29.2 Å². The van der Waals surface area contributed by atoms with Gasteiger partial charge in [0.15, 0.2) is 0 Å². The van der Waals surface area contributed by atoms with Crippen LogP contribution in [0.4, 0.5) is 5.69 Å². The van der Waals surface area contributed by atoms with Crippen LogP contribution in [0.3, 0.4) is 0 Å². The first-order valence-corrected chi connectivity index (χ1v) is 10.1. The second-order valence-corrected chi connectivity index (χ2v) is 8.96. The maximum Gasteiger partial charge on any atom is 0.228 e. The average Bonchev–Trinajstić information content (AvgIpc) is 3.21. The van der Waals surface area contributed by atoms with E-state index in [1.165, 1.54) is 9.77 Å². The van der Waals surface area contributed by atoms with Crippen LogP contribution in [0.2, 0.25) is 0 Å². The molecule has 1 saturated carbocycles. The largest absolute Gasteiger partial charge is 0.300 e. The molecule has 3 aliphatic rings. The predicted octanol–water partition coefficient (Wildman–Crippen LogP) is 4.15. The molecule has 1 aromatic carbocycles. The van der Waals surface area contributed by atoms with Gasteiger partial charge in [-0.25, -0.2) is 0 Å². The Balaban J connectivity index is 1.74. The molecule has 2 aliphatic heterocycles. The monoisotopic (exact) mass is 372 g/mol. The summed E-state index contributed by atoms with van der Waals surface area (Å²) in [5.74, 6) is 0.0936. The fourth-order valence-electron chi connectivity index (χ4n) is 4.98. The molecule has 0 unspecified atom stereocenters. The molecule has 1 spiro atoms. The standard InChI is InChI=1S/C18H16N2O3S2/c21-16-9-12-11(10-19(22)23)5-7-18(12)17-15(6-8-24-17)25-14-4-2-1-3-13(14)20(16)18/h1-4,6,8,11-12H,5,7,9-10H2/t11-,12-,18+/m0/s1. The number of thiophene rings is 1. The number of hydrogen-bond donors (Lipinski definition) is 0. The molecule has 3 heterocycles. The van der Waals surface area contributed by atoms with Gasteiger partial charge in [0, 0.05) is 37.8 Å². The first kappa shape index (κ1) is 15.4. The molecule has 1 saturated heterocycles. The molecular weight excluding hydrogens is 356 g/mol. The number of nitro groups is 1. The van der Waals surface area contributed by atoms with E-state index in [1.54, 1.807) is 23.1 Å². The molecule has 25 heavy (non-hydrogen) atoms. The van der Waals surface area contributed by atoms with E-state index in [0.717, 1.165) is 23.4 Å². The van der Waals surface area contributed by atoms with Crippen molar-refractivity contribution in [2.24, 2.45) is 11.8 Å². The second kappa shape index (κ2) is 5.32. The number of benzene rings is 1. The summed E-state index contributed by atoms with van der Waals surface area (Å²) in [5.41, 5.74) is 0.561. The summed E-state index contributed by atoms with van der Waals surface area (Å²) in [4.78, 5) is 29.5. The highest BCUT2D eigenvalue weighted by Gasteiger charge is 2.63. The van der Waals surface area contributed by atoms with Crippen LogP contribution in [0.1, 0.15) is 24.1 Å². The first-order valence-electron chi connectivity index (χ1n) is 8.41. The van der Waals surface area contributed by atoms with E-state index in [4.69, 9.17) is 0 Å².